The maximum Gasteiger partial charge on any atom is 0.167 e. The van der Waals surface area contributed by atoms with Gasteiger partial charge >= 0.3 is 0 Å². The summed E-state index contributed by atoms with van der Waals surface area (Å²) in [4.78, 5) is 11.5. The lowest BCUT2D eigenvalue weighted by Crippen LogP contribution is -1.92. The Bertz CT molecular complexity index is 821. The number of carbonyl (C=O) groups is 1. The summed E-state index contributed by atoms with van der Waals surface area (Å²) in [6, 6.07) is 11.3. The predicted octanol–water partition coefficient (Wildman–Crippen LogP) is 5.03. The summed E-state index contributed by atoms with van der Waals surface area (Å²) in [5, 5.41) is 0.982. The van der Waals surface area contributed by atoms with E-state index in [0.29, 0.717) is 15.7 Å². The van der Waals surface area contributed by atoms with Gasteiger partial charge in [-0.2, -0.15) is 0 Å². The number of aryl methyl sites for hydroxylation is 1. The number of pyridine rings is 1. The molecule has 0 atom stereocenters. The Morgan fingerprint density at radius 2 is 1.90 bits per heavy atom. The van der Waals surface area contributed by atoms with Crippen molar-refractivity contribution >= 4 is 35.0 Å². The summed E-state index contributed by atoms with van der Waals surface area (Å²) in [6.07, 6.45) is 2.75. The Morgan fingerprint density at radius 3 is 2.60 bits per heavy atom. The Morgan fingerprint density at radius 1 is 1.10 bits per heavy atom. The SMILES string of the molecule is Cc1cccn2c(C=O)c(-c3ccc(Cl)c(Cl)c3)cc12. The van der Waals surface area contributed by atoms with E-state index in [4.69, 9.17) is 23.2 Å². The van der Waals surface area contributed by atoms with Crippen LogP contribution in [0.5, 0.6) is 0 Å². The van der Waals surface area contributed by atoms with E-state index in [-0.39, 0.29) is 0 Å². The van der Waals surface area contributed by atoms with Gasteiger partial charge in [-0.25, -0.2) is 0 Å². The third-order valence-corrected chi connectivity index (χ3v) is 4.14. The number of rotatable bonds is 2. The number of halogens is 2. The van der Waals surface area contributed by atoms with Crippen LogP contribution in [0.25, 0.3) is 16.6 Å². The first kappa shape index (κ1) is 13.2. The lowest BCUT2D eigenvalue weighted by Gasteiger charge is -2.03. The van der Waals surface area contributed by atoms with Crippen LogP contribution in [0.2, 0.25) is 10.0 Å². The van der Waals surface area contributed by atoms with Crippen molar-refractivity contribution in [3.05, 3.63) is 63.9 Å². The van der Waals surface area contributed by atoms with Gasteiger partial charge in [-0.1, -0.05) is 35.3 Å². The fourth-order valence-corrected chi connectivity index (χ4v) is 2.68. The van der Waals surface area contributed by atoms with Crippen LogP contribution in [-0.2, 0) is 0 Å². The monoisotopic (exact) mass is 303 g/mol. The van der Waals surface area contributed by atoms with E-state index in [0.717, 1.165) is 28.5 Å². The van der Waals surface area contributed by atoms with E-state index < -0.39 is 0 Å². The van der Waals surface area contributed by atoms with E-state index in [1.807, 2.05) is 41.8 Å². The summed E-state index contributed by atoms with van der Waals surface area (Å²) in [7, 11) is 0. The van der Waals surface area contributed by atoms with Crippen molar-refractivity contribution < 1.29 is 4.79 Å². The highest BCUT2D eigenvalue weighted by Gasteiger charge is 2.13. The first-order chi connectivity index (χ1) is 9.61. The van der Waals surface area contributed by atoms with Gasteiger partial charge in [0.25, 0.3) is 0 Å². The minimum Gasteiger partial charge on any atom is -0.313 e. The van der Waals surface area contributed by atoms with Gasteiger partial charge in [0.1, 0.15) is 0 Å². The van der Waals surface area contributed by atoms with Crippen LogP contribution in [0.15, 0.2) is 42.6 Å². The van der Waals surface area contributed by atoms with E-state index in [1.54, 1.807) is 12.1 Å². The predicted molar refractivity (Wildman–Crippen MR) is 83.0 cm³/mol. The van der Waals surface area contributed by atoms with Crippen LogP contribution in [0.4, 0.5) is 0 Å². The Kier molecular flexibility index (Phi) is 3.28. The largest absolute Gasteiger partial charge is 0.313 e. The Hall–Kier alpha value is -1.77. The molecule has 0 amide bonds. The third-order valence-electron chi connectivity index (χ3n) is 3.40. The number of fused-ring (bicyclic) bond motifs is 1. The molecule has 0 unspecified atom stereocenters. The minimum atomic E-state index is 0.480. The molecule has 2 aromatic heterocycles. The quantitative estimate of drug-likeness (QED) is 0.608. The zero-order chi connectivity index (χ0) is 14.3. The van der Waals surface area contributed by atoms with E-state index in [9.17, 15) is 4.79 Å². The molecule has 0 aliphatic heterocycles. The molecule has 3 rings (SSSR count). The summed E-state index contributed by atoms with van der Waals surface area (Å²) < 4.78 is 1.89. The van der Waals surface area contributed by atoms with Crippen LogP contribution >= 0.6 is 23.2 Å². The molecule has 0 spiro atoms. The highest BCUT2D eigenvalue weighted by molar-refractivity contribution is 6.42. The number of aldehydes is 1. The van der Waals surface area contributed by atoms with Crippen molar-refractivity contribution in [2.24, 2.45) is 0 Å². The molecular weight excluding hydrogens is 293 g/mol. The smallest absolute Gasteiger partial charge is 0.167 e. The first-order valence-electron chi connectivity index (χ1n) is 6.13. The van der Waals surface area contributed by atoms with Crippen LogP contribution in [0, 0.1) is 6.92 Å². The molecule has 0 aliphatic carbocycles. The molecule has 2 heterocycles. The zero-order valence-electron chi connectivity index (χ0n) is 10.7. The molecule has 4 heteroatoms. The minimum absolute atomic E-state index is 0.480. The molecule has 2 nitrogen and oxygen atoms in total. The maximum absolute atomic E-state index is 11.5. The molecular formula is C16H11Cl2NO. The number of benzene rings is 1. The van der Waals surface area contributed by atoms with Crippen molar-refractivity contribution in [1.82, 2.24) is 4.40 Å². The van der Waals surface area contributed by atoms with Crippen molar-refractivity contribution in [3.8, 4) is 11.1 Å². The topological polar surface area (TPSA) is 21.5 Å². The zero-order valence-corrected chi connectivity index (χ0v) is 12.2. The molecule has 0 saturated heterocycles. The maximum atomic E-state index is 11.5. The summed E-state index contributed by atoms with van der Waals surface area (Å²) in [5.74, 6) is 0. The standard InChI is InChI=1S/C16H11Cl2NO/c1-10-3-2-6-19-15(10)8-12(16(19)9-20)11-4-5-13(17)14(18)7-11/h2-9H,1H3. The normalized spacial score (nSPS) is 10.9. The second-order valence-corrected chi connectivity index (χ2v) is 5.45. The molecule has 0 bridgehead atoms. The van der Waals surface area contributed by atoms with Crippen molar-refractivity contribution in [2.45, 2.75) is 6.92 Å². The average molecular weight is 304 g/mol. The number of aromatic nitrogens is 1. The van der Waals surface area contributed by atoms with Crippen molar-refractivity contribution in [1.29, 1.82) is 0 Å². The fourth-order valence-electron chi connectivity index (χ4n) is 2.38. The molecule has 100 valence electrons. The molecule has 0 N–H and O–H groups in total. The molecule has 0 aliphatic rings. The van der Waals surface area contributed by atoms with E-state index in [2.05, 4.69) is 0 Å². The van der Waals surface area contributed by atoms with Gasteiger partial charge in [-0.3, -0.25) is 4.79 Å². The van der Waals surface area contributed by atoms with Crippen molar-refractivity contribution in [3.63, 3.8) is 0 Å². The molecule has 0 fully saturated rings. The highest BCUT2D eigenvalue weighted by atomic mass is 35.5. The van der Waals surface area contributed by atoms with Crippen LogP contribution in [0.3, 0.4) is 0 Å². The van der Waals surface area contributed by atoms with Gasteiger partial charge in [0.2, 0.25) is 0 Å². The molecule has 0 radical (unpaired) electrons. The van der Waals surface area contributed by atoms with Crippen LogP contribution in [0.1, 0.15) is 16.1 Å². The fraction of sp³-hybridized carbons (Fsp3) is 0.0625. The van der Waals surface area contributed by atoms with Gasteiger partial charge < -0.3 is 4.40 Å². The molecule has 3 aromatic rings. The molecule has 1 aromatic carbocycles. The summed E-state index contributed by atoms with van der Waals surface area (Å²) >= 11 is 12.0. The van der Waals surface area contributed by atoms with Gasteiger partial charge in [0, 0.05) is 17.3 Å². The van der Waals surface area contributed by atoms with Crippen molar-refractivity contribution in [2.75, 3.05) is 0 Å². The lowest BCUT2D eigenvalue weighted by molar-refractivity contribution is 0.111. The lowest BCUT2D eigenvalue weighted by atomic mass is 10.1. The van der Waals surface area contributed by atoms with E-state index >= 15 is 0 Å². The summed E-state index contributed by atoms with van der Waals surface area (Å²) in [5.41, 5.74) is 4.47. The number of nitrogens with zero attached hydrogens (tertiary/aromatic N) is 1. The van der Waals surface area contributed by atoms with Crippen LogP contribution in [-0.4, -0.2) is 10.7 Å². The van der Waals surface area contributed by atoms with Gasteiger partial charge in [0.05, 0.1) is 15.7 Å². The number of hydrogen-bond donors (Lipinski definition) is 0. The number of carbonyl (C=O) groups excluding carboxylic acids is 1. The first-order valence-corrected chi connectivity index (χ1v) is 6.88. The Labute approximate surface area is 126 Å². The van der Waals surface area contributed by atoms with Gasteiger partial charge in [0.15, 0.2) is 6.29 Å². The highest BCUT2D eigenvalue weighted by Crippen LogP contribution is 2.32. The van der Waals surface area contributed by atoms with Gasteiger partial charge in [-0.15, -0.1) is 0 Å². The van der Waals surface area contributed by atoms with Crippen LogP contribution < -0.4 is 0 Å². The van der Waals surface area contributed by atoms with E-state index in [1.165, 1.54) is 0 Å². The second-order valence-electron chi connectivity index (χ2n) is 4.64. The third kappa shape index (κ3) is 2.01. The average Bonchev–Trinajstić information content (AvgIpc) is 2.82. The second kappa shape index (κ2) is 4.97. The molecule has 20 heavy (non-hydrogen) atoms. The molecule has 0 saturated carbocycles. The Balaban J connectivity index is 2.33. The van der Waals surface area contributed by atoms with Gasteiger partial charge in [-0.05, 0) is 42.3 Å². The summed E-state index contributed by atoms with van der Waals surface area (Å²) in [6.45, 7) is 2.02. The number of hydrogen-bond acceptors (Lipinski definition) is 1.